The monoisotopic (exact) mass is 175 g/mol. The van der Waals surface area contributed by atoms with Crippen molar-refractivity contribution >= 4 is 16.3 Å². The number of allylic oxidation sites excluding steroid dienone is 1. The molecule has 0 heterocycles. The minimum Gasteiger partial charge on any atom is -0.435 e. The molecule has 0 fully saturated rings. The van der Waals surface area contributed by atoms with Gasteiger partial charge in [0.1, 0.15) is 12.3 Å². The standard InChI is InChI=1S/C5H5NO4S/c1-11(8,9)5(2-6)3-10-4-7/h3-4H,1H3. The van der Waals surface area contributed by atoms with Crippen LogP contribution in [0, 0.1) is 11.3 Å². The lowest BCUT2D eigenvalue weighted by atomic mass is 10.7. The summed E-state index contributed by atoms with van der Waals surface area (Å²) < 4.78 is 25.1. The number of sulfone groups is 1. The fourth-order valence-electron chi connectivity index (χ4n) is 0.286. The Labute approximate surface area is 63.8 Å². The molecular weight excluding hydrogens is 170 g/mol. The van der Waals surface area contributed by atoms with E-state index >= 15 is 0 Å². The van der Waals surface area contributed by atoms with Crippen LogP contribution >= 0.6 is 0 Å². The summed E-state index contributed by atoms with van der Waals surface area (Å²) in [6, 6.07) is 1.37. The summed E-state index contributed by atoms with van der Waals surface area (Å²) in [5.74, 6) is 0. The maximum atomic E-state index is 10.6. The summed E-state index contributed by atoms with van der Waals surface area (Å²) in [5, 5.41) is 8.19. The minimum absolute atomic E-state index is 0.0303. The van der Waals surface area contributed by atoms with Gasteiger partial charge >= 0.3 is 0 Å². The van der Waals surface area contributed by atoms with E-state index in [9.17, 15) is 13.2 Å². The molecule has 0 aromatic heterocycles. The van der Waals surface area contributed by atoms with E-state index in [1.54, 1.807) is 0 Å². The molecule has 0 aliphatic heterocycles. The van der Waals surface area contributed by atoms with Crippen LogP contribution in [0.2, 0.25) is 0 Å². The van der Waals surface area contributed by atoms with Gasteiger partial charge < -0.3 is 4.74 Å². The van der Waals surface area contributed by atoms with Crippen molar-refractivity contribution in [3.8, 4) is 6.07 Å². The molecular formula is C5H5NO4S. The lowest BCUT2D eigenvalue weighted by Gasteiger charge is -1.90. The van der Waals surface area contributed by atoms with Crippen LogP contribution in [-0.2, 0) is 19.4 Å². The van der Waals surface area contributed by atoms with Gasteiger partial charge in [0.15, 0.2) is 14.7 Å². The topological polar surface area (TPSA) is 84.2 Å². The van der Waals surface area contributed by atoms with Gasteiger partial charge in [0.05, 0.1) is 0 Å². The minimum atomic E-state index is -3.57. The SMILES string of the molecule is CS(=O)(=O)C(C#N)=COC=O. The van der Waals surface area contributed by atoms with Crippen LogP contribution in [0.4, 0.5) is 0 Å². The van der Waals surface area contributed by atoms with Crippen molar-refractivity contribution in [2.24, 2.45) is 0 Å². The van der Waals surface area contributed by atoms with Crippen molar-refractivity contribution in [2.75, 3.05) is 6.26 Å². The molecule has 0 N–H and O–H groups in total. The smallest absolute Gasteiger partial charge is 0.297 e. The van der Waals surface area contributed by atoms with Gasteiger partial charge in [-0.1, -0.05) is 0 Å². The second kappa shape index (κ2) is 3.73. The third kappa shape index (κ3) is 3.37. The summed E-state index contributed by atoms with van der Waals surface area (Å²) in [6.07, 6.45) is 1.43. The maximum Gasteiger partial charge on any atom is 0.297 e. The van der Waals surface area contributed by atoms with E-state index in [0.29, 0.717) is 6.26 Å². The average molecular weight is 175 g/mol. The van der Waals surface area contributed by atoms with E-state index in [-0.39, 0.29) is 6.47 Å². The summed E-state index contributed by atoms with van der Waals surface area (Å²) >= 11 is 0. The Bertz CT molecular complexity index is 308. The number of nitriles is 1. The molecule has 0 aliphatic rings. The molecule has 0 unspecified atom stereocenters. The van der Waals surface area contributed by atoms with E-state index < -0.39 is 14.7 Å². The van der Waals surface area contributed by atoms with E-state index in [0.717, 1.165) is 6.26 Å². The van der Waals surface area contributed by atoms with Gasteiger partial charge in [-0.05, 0) is 0 Å². The molecule has 0 bridgehead atoms. The van der Waals surface area contributed by atoms with Crippen LogP contribution in [0.25, 0.3) is 0 Å². The van der Waals surface area contributed by atoms with Gasteiger partial charge in [0.2, 0.25) is 0 Å². The third-order valence-corrected chi connectivity index (χ3v) is 1.73. The molecule has 0 spiro atoms. The Balaban J connectivity index is 4.73. The Morgan fingerprint density at radius 3 is 2.45 bits per heavy atom. The summed E-state index contributed by atoms with van der Waals surface area (Å²) in [5.41, 5.74) is 0. The first kappa shape index (κ1) is 9.65. The van der Waals surface area contributed by atoms with Crippen LogP contribution in [0.15, 0.2) is 11.2 Å². The molecule has 60 valence electrons. The molecule has 11 heavy (non-hydrogen) atoms. The van der Waals surface area contributed by atoms with Crippen molar-refractivity contribution in [1.82, 2.24) is 0 Å². The van der Waals surface area contributed by atoms with Crippen molar-refractivity contribution in [2.45, 2.75) is 0 Å². The first-order chi connectivity index (χ1) is 5.02. The summed E-state index contributed by atoms with van der Waals surface area (Å²) in [4.78, 5) is 9.00. The molecule has 0 atom stereocenters. The van der Waals surface area contributed by atoms with E-state index in [2.05, 4.69) is 4.74 Å². The number of nitrogens with zero attached hydrogens (tertiary/aromatic N) is 1. The number of ether oxygens (including phenoxy) is 1. The molecule has 0 saturated carbocycles. The first-order valence-corrected chi connectivity index (χ1v) is 4.31. The lowest BCUT2D eigenvalue weighted by molar-refractivity contribution is -0.123. The summed E-state index contributed by atoms with van der Waals surface area (Å²) in [6.45, 7) is 0.0303. The molecule has 0 aromatic carbocycles. The average Bonchev–Trinajstić information content (AvgIpc) is 1.87. The molecule has 0 amide bonds. The lowest BCUT2D eigenvalue weighted by Crippen LogP contribution is -1.99. The quantitative estimate of drug-likeness (QED) is 0.330. The Kier molecular flexibility index (Phi) is 3.27. The Hall–Kier alpha value is -1.35. The fourth-order valence-corrected chi connectivity index (χ4v) is 0.682. The maximum absolute atomic E-state index is 10.6. The molecule has 0 radical (unpaired) electrons. The zero-order valence-electron chi connectivity index (χ0n) is 5.64. The van der Waals surface area contributed by atoms with Gasteiger partial charge in [0, 0.05) is 6.26 Å². The zero-order chi connectivity index (χ0) is 8.91. The Morgan fingerprint density at radius 2 is 2.18 bits per heavy atom. The van der Waals surface area contributed by atoms with Gasteiger partial charge in [-0.25, -0.2) is 8.42 Å². The highest BCUT2D eigenvalue weighted by atomic mass is 32.2. The molecule has 6 heteroatoms. The second-order valence-corrected chi connectivity index (χ2v) is 3.58. The highest BCUT2D eigenvalue weighted by Gasteiger charge is 2.10. The van der Waals surface area contributed by atoms with Crippen LogP contribution in [-0.4, -0.2) is 21.1 Å². The van der Waals surface area contributed by atoms with Gasteiger partial charge in [-0.2, -0.15) is 5.26 Å². The highest BCUT2D eigenvalue weighted by molar-refractivity contribution is 7.94. The van der Waals surface area contributed by atoms with Gasteiger partial charge in [-0.3, -0.25) is 4.79 Å². The van der Waals surface area contributed by atoms with Crippen molar-refractivity contribution in [1.29, 1.82) is 5.26 Å². The van der Waals surface area contributed by atoms with Gasteiger partial charge in [-0.15, -0.1) is 0 Å². The van der Waals surface area contributed by atoms with Gasteiger partial charge in [0.25, 0.3) is 6.47 Å². The van der Waals surface area contributed by atoms with E-state index in [4.69, 9.17) is 5.26 Å². The number of carbonyl (C=O) groups is 1. The predicted molar refractivity (Wildman–Crippen MR) is 35.7 cm³/mol. The molecule has 0 aliphatic carbocycles. The van der Waals surface area contributed by atoms with E-state index in [1.807, 2.05) is 0 Å². The van der Waals surface area contributed by atoms with Crippen LogP contribution in [0.1, 0.15) is 0 Å². The molecule has 0 rings (SSSR count). The number of rotatable bonds is 3. The highest BCUT2D eigenvalue weighted by Crippen LogP contribution is 2.01. The number of carbonyl (C=O) groups excluding carboxylic acids is 1. The predicted octanol–water partition coefficient (Wildman–Crippen LogP) is -0.431. The second-order valence-electron chi connectivity index (χ2n) is 1.60. The summed E-state index contributed by atoms with van der Waals surface area (Å²) in [7, 11) is -3.57. The normalized spacial score (nSPS) is 11.8. The van der Waals surface area contributed by atoms with Crippen LogP contribution < -0.4 is 0 Å². The van der Waals surface area contributed by atoms with Crippen LogP contribution in [0.5, 0.6) is 0 Å². The zero-order valence-corrected chi connectivity index (χ0v) is 6.46. The van der Waals surface area contributed by atoms with E-state index in [1.165, 1.54) is 6.07 Å². The van der Waals surface area contributed by atoms with Crippen LogP contribution in [0.3, 0.4) is 0 Å². The fraction of sp³-hybridized carbons (Fsp3) is 0.200. The number of hydrogen-bond donors (Lipinski definition) is 0. The van der Waals surface area contributed by atoms with Crippen molar-refractivity contribution < 1.29 is 17.9 Å². The molecule has 5 nitrogen and oxygen atoms in total. The van der Waals surface area contributed by atoms with Crippen molar-refractivity contribution in [3.05, 3.63) is 11.2 Å². The first-order valence-electron chi connectivity index (χ1n) is 2.42. The number of hydrogen-bond acceptors (Lipinski definition) is 5. The third-order valence-electron chi connectivity index (χ3n) is 0.740. The van der Waals surface area contributed by atoms with Crippen molar-refractivity contribution in [3.63, 3.8) is 0 Å². The molecule has 0 aromatic rings. The Morgan fingerprint density at radius 1 is 1.64 bits per heavy atom. The molecule has 0 saturated heterocycles. The largest absolute Gasteiger partial charge is 0.435 e.